The quantitative estimate of drug-likeness (QED) is 0.561. The van der Waals surface area contributed by atoms with Gasteiger partial charge < -0.3 is 20.4 Å². The standard InChI is InChI=1S/C5H12O2.C4H8.C2H6O2/c1-5(2,3-6)4-7;1-2-4-3-1;3-1-2-4/h6-7H,3-4H2,1-2H3;1-4H2;3-4H,1-2H2. The van der Waals surface area contributed by atoms with Crippen molar-refractivity contribution in [3.05, 3.63) is 0 Å². The van der Waals surface area contributed by atoms with E-state index in [1.54, 1.807) is 13.8 Å². The molecule has 0 aromatic heterocycles. The first-order valence-corrected chi connectivity index (χ1v) is 5.47. The van der Waals surface area contributed by atoms with Crippen molar-refractivity contribution >= 4 is 0 Å². The van der Waals surface area contributed by atoms with Gasteiger partial charge in [-0.25, -0.2) is 0 Å². The van der Waals surface area contributed by atoms with Crippen LogP contribution in [0.4, 0.5) is 0 Å². The lowest BCUT2D eigenvalue weighted by atomic mass is 9.97. The molecule has 1 aliphatic rings. The number of hydrogen-bond acceptors (Lipinski definition) is 4. The van der Waals surface area contributed by atoms with Gasteiger partial charge in [-0.1, -0.05) is 39.5 Å². The molecule has 0 aromatic carbocycles. The van der Waals surface area contributed by atoms with Crippen LogP contribution in [-0.2, 0) is 0 Å². The highest BCUT2D eigenvalue weighted by Gasteiger charge is 2.13. The minimum atomic E-state index is -0.306. The van der Waals surface area contributed by atoms with E-state index in [0.29, 0.717) is 0 Å². The molecule has 4 nitrogen and oxygen atoms in total. The van der Waals surface area contributed by atoms with Gasteiger partial charge in [-0.15, -0.1) is 0 Å². The third kappa shape index (κ3) is 16.5. The fourth-order valence-corrected chi connectivity index (χ4v) is 0.300. The minimum absolute atomic E-state index is 0.0451. The maximum atomic E-state index is 8.43. The zero-order chi connectivity index (χ0) is 12.2. The molecule has 94 valence electrons. The molecule has 1 saturated carbocycles. The molecule has 0 heterocycles. The van der Waals surface area contributed by atoms with Gasteiger partial charge in [0.2, 0.25) is 0 Å². The molecule has 0 amide bonds. The van der Waals surface area contributed by atoms with E-state index >= 15 is 0 Å². The molecule has 0 atom stereocenters. The van der Waals surface area contributed by atoms with E-state index in [1.807, 2.05) is 0 Å². The molecule has 1 rings (SSSR count). The Morgan fingerprint density at radius 3 is 1.00 bits per heavy atom. The lowest BCUT2D eigenvalue weighted by Gasteiger charge is -2.16. The van der Waals surface area contributed by atoms with Crippen molar-refractivity contribution in [2.75, 3.05) is 26.4 Å². The SMILES string of the molecule is C1CCC1.CC(C)(CO)CO.OCCO. The third-order valence-electron chi connectivity index (χ3n) is 1.96. The van der Waals surface area contributed by atoms with E-state index in [-0.39, 0.29) is 31.8 Å². The molecule has 0 bridgehead atoms. The number of rotatable bonds is 3. The van der Waals surface area contributed by atoms with Crippen molar-refractivity contribution in [3.63, 3.8) is 0 Å². The second-order valence-corrected chi connectivity index (χ2v) is 4.34. The summed E-state index contributed by atoms with van der Waals surface area (Å²) < 4.78 is 0. The summed E-state index contributed by atoms with van der Waals surface area (Å²) >= 11 is 0. The molecule has 0 aliphatic heterocycles. The molecular weight excluding hydrogens is 196 g/mol. The van der Waals surface area contributed by atoms with Crippen LogP contribution in [0.15, 0.2) is 0 Å². The largest absolute Gasteiger partial charge is 0.396 e. The topological polar surface area (TPSA) is 80.9 Å². The summed E-state index contributed by atoms with van der Waals surface area (Å²) in [7, 11) is 0. The monoisotopic (exact) mass is 222 g/mol. The molecule has 4 heteroatoms. The molecule has 0 saturated heterocycles. The Morgan fingerprint density at radius 1 is 0.733 bits per heavy atom. The second kappa shape index (κ2) is 11.9. The van der Waals surface area contributed by atoms with Gasteiger partial charge in [-0.3, -0.25) is 0 Å². The van der Waals surface area contributed by atoms with Gasteiger partial charge in [-0.2, -0.15) is 0 Å². The van der Waals surface area contributed by atoms with Crippen molar-refractivity contribution in [1.29, 1.82) is 0 Å². The highest BCUT2D eigenvalue weighted by Crippen LogP contribution is 2.15. The average Bonchev–Trinajstić information content (AvgIpc) is 2.16. The molecule has 0 unspecified atom stereocenters. The maximum absolute atomic E-state index is 8.43. The van der Waals surface area contributed by atoms with Crippen molar-refractivity contribution in [3.8, 4) is 0 Å². The van der Waals surface area contributed by atoms with Gasteiger partial charge >= 0.3 is 0 Å². The zero-order valence-corrected chi connectivity index (χ0v) is 9.95. The second-order valence-electron chi connectivity index (χ2n) is 4.34. The van der Waals surface area contributed by atoms with Crippen LogP contribution in [0.3, 0.4) is 0 Å². The number of hydrogen-bond donors (Lipinski definition) is 4. The van der Waals surface area contributed by atoms with Gasteiger partial charge in [0.05, 0.1) is 26.4 Å². The number of aliphatic hydroxyl groups is 4. The first kappa shape index (κ1) is 17.2. The summed E-state index contributed by atoms with van der Waals surface area (Å²) in [5.74, 6) is 0. The van der Waals surface area contributed by atoms with Gasteiger partial charge in [0.15, 0.2) is 0 Å². The Balaban J connectivity index is 0. The van der Waals surface area contributed by atoms with Crippen molar-refractivity contribution < 1.29 is 20.4 Å². The highest BCUT2D eigenvalue weighted by atomic mass is 16.3. The first-order valence-electron chi connectivity index (χ1n) is 5.47. The number of aliphatic hydroxyl groups excluding tert-OH is 4. The molecule has 1 aliphatic carbocycles. The molecule has 0 spiro atoms. The average molecular weight is 222 g/mol. The van der Waals surface area contributed by atoms with E-state index in [4.69, 9.17) is 20.4 Å². The molecule has 0 radical (unpaired) electrons. The van der Waals surface area contributed by atoms with Crippen LogP contribution in [0.2, 0.25) is 0 Å². The van der Waals surface area contributed by atoms with Crippen LogP contribution in [0.1, 0.15) is 39.5 Å². The van der Waals surface area contributed by atoms with Crippen LogP contribution in [0.25, 0.3) is 0 Å². The molecule has 4 N–H and O–H groups in total. The van der Waals surface area contributed by atoms with Crippen LogP contribution in [0, 0.1) is 5.41 Å². The Kier molecular flexibility index (Phi) is 13.7. The van der Waals surface area contributed by atoms with Gasteiger partial charge in [0.1, 0.15) is 0 Å². The molecule has 1 fully saturated rings. The van der Waals surface area contributed by atoms with Crippen LogP contribution in [-0.4, -0.2) is 46.9 Å². The van der Waals surface area contributed by atoms with Crippen LogP contribution >= 0.6 is 0 Å². The summed E-state index contributed by atoms with van der Waals surface area (Å²) in [4.78, 5) is 0. The Morgan fingerprint density at radius 2 is 1.00 bits per heavy atom. The van der Waals surface area contributed by atoms with Gasteiger partial charge in [0.25, 0.3) is 0 Å². The summed E-state index contributed by atoms with van der Waals surface area (Å²) in [5, 5.41) is 32.1. The van der Waals surface area contributed by atoms with Crippen molar-refractivity contribution in [2.45, 2.75) is 39.5 Å². The van der Waals surface area contributed by atoms with Crippen LogP contribution in [0.5, 0.6) is 0 Å². The molecule has 15 heavy (non-hydrogen) atoms. The fraction of sp³-hybridized carbons (Fsp3) is 1.00. The predicted octanol–water partition coefficient (Wildman–Crippen LogP) is 0.529. The lowest BCUT2D eigenvalue weighted by Crippen LogP contribution is -2.20. The Hall–Kier alpha value is -0.160. The fourth-order valence-electron chi connectivity index (χ4n) is 0.300. The van der Waals surface area contributed by atoms with Gasteiger partial charge in [0, 0.05) is 5.41 Å². The normalized spacial score (nSPS) is 14.0. The Bertz CT molecular complexity index is 99.2. The molecular formula is C11H26O4. The first-order chi connectivity index (χ1) is 7.04. The van der Waals surface area contributed by atoms with E-state index in [0.717, 1.165) is 0 Å². The Labute approximate surface area is 92.6 Å². The highest BCUT2D eigenvalue weighted by molar-refractivity contribution is 4.62. The summed E-state index contributed by atoms with van der Waals surface area (Å²) in [6.07, 6.45) is 6.00. The summed E-state index contributed by atoms with van der Waals surface area (Å²) in [6.45, 7) is 3.44. The summed E-state index contributed by atoms with van der Waals surface area (Å²) in [5.41, 5.74) is -0.306. The molecule has 0 aromatic rings. The zero-order valence-electron chi connectivity index (χ0n) is 9.95. The van der Waals surface area contributed by atoms with E-state index < -0.39 is 0 Å². The minimum Gasteiger partial charge on any atom is -0.396 e. The smallest absolute Gasteiger partial charge is 0.0662 e. The summed E-state index contributed by atoms with van der Waals surface area (Å²) in [6, 6.07) is 0. The van der Waals surface area contributed by atoms with Crippen molar-refractivity contribution in [2.24, 2.45) is 5.41 Å². The predicted molar refractivity (Wildman–Crippen MR) is 60.6 cm³/mol. The third-order valence-corrected chi connectivity index (χ3v) is 1.96. The van der Waals surface area contributed by atoms with E-state index in [2.05, 4.69) is 0 Å². The van der Waals surface area contributed by atoms with E-state index in [9.17, 15) is 0 Å². The van der Waals surface area contributed by atoms with E-state index in [1.165, 1.54) is 25.7 Å². The van der Waals surface area contributed by atoms with Crippen LogP contribution < -0.4 is 0 Å². The van der Waals surface area contributed by atoms with Gasteiger partial charge in [-0.05, 0) is 0 Å². The maximum Gasteiger partial charge on any atom is 0.0662 e. The van der Waals surface area contributed by atoms with Crippen molar-refractivity contribution in [1.82, 2.24) is 0 Å². The lowest BCUT2D eigenvalue weighted by molar-refractivity contribution is 0.0857.